The van der Waals surface area contributed by atoms with E-state index in [2.05, 4.69) is 10.6 Å². The predicted molar refractivity (Wildman–Crippen MR) is 65.4 cm³/mol. The SMILES string of the molecule is Cc1cc(NC(=O)C(=O)NCC#N)ccc1C(=O)O. The maximum atomic E-state index is 11.4. The van der Waals surface area contributed by atoms with Crippen molar-refractivity contribution in [2.24, 2.45) is 0 Å². The molecule has 0 aromatic heterocycles. The third-order valence-corrected chi connectivity index (χ3v) is 2.25. The second kappa shape index (κ2) is 6.16. The van der Waals surface area contributed by atoms with Gasteiger partial charge in [-0.1, -0.05) is 0 Å². The Labute approximate surface area is 108 Å². The van der Waals surface area contributed by atoms with Gasteiger partial charge in [0.25, 0.3) is 0 Å². The zero-order chi connectivity index (χ0) is 14.4. The van der Waals surface area contributed by atoms with Crippen molar-refractivity contribution in [3.8, 4) is 6.07 Å². The normalized spacial score (nSPS) is 9.26. The number of nitrogens with zero attached hydrogens (tertiary/aromatic N) is 1. The Morgan fingerprint density at radius 1 is 1.32 bits per heavy atom. The summed E-state index contributed by atoms with van der Waals surface area (Å²) in [7, 11) is 0. The van der Waals surface area contributed by atoms with Gasteiger partial charge in [0.1, 0.15) is 6.54 Å². The zero-order valence-electron chi connectivity index (χ0n) is 10.1. The highest BCUT2D eigenvalue weighted by atomic mass is 16.4. The number of hydrogen-bond acceptors (Lipinski definition) is 4. The number of anilines is 1. The molecule has 0 bridgehead atoms. The molecule has 0 spiro atoms. The van der Waals surface area contributed by atoms with E-state index in [9.17, 15) is 14.4 Å². The number of carbonyl (C=O) groups is 3. The molecular weight excluding hydrogens is 250 g/mol. The average Bonchev–Trinajstić information content (AvgIpc) is 2.35. The monoisotopic (exact) mass is 261 g/mol. The lowest BCUT2D eigenvalue weighted by atomic mass is 10.1. The Bertz CT molecular complexity index is 575. The van der Waals surface area contributed by atoms with Crippen molar-refractivity contribution < 1.29 is 19.5 Å². The highest BCUT2D eigenvalue weighted by molar-refractivity contribution is 6.39. The first-order valence-electron chi connectivity index (χ1n) is 5.25. The number of aryl methyl sites for hydroxylation is 1. The van der Waals surface area contributed by atoms with Crippen LogP contribution in [0, 0.1) is 18.3 Å². The molecule has 7 heteroatoms. The van der Waals surface area contributed by atoms with E-state index in [1.807, 2.05) is 0 Å². The van der Waals surface area contributed by atoms with Gasteiger partial charge in [-0.3, -0.25) is 9.59 Å². The minimum atomic E-state index is -1.07. The van der Waals surface area contributed by atoms with E-state index in [0.717, 1.165) is 0 Å². The van der Waals surface area contributed by atoms with Crippen LogP contribution in [0.3, 0.4) is 0 Å². The summed E-state index contributed by atoms with van der Waals surface area (Å²) in [6.45, 7) is 1.32. The molecule has 2 amide bonds. The maximum absolute atomic E-state index is 11.4. The first-order valence-corrected chi connectivity index (χ1v) is 5.25. The van der Waals surface area contributed by atoms with Gasteiger partial charge in [0.2, 0.25) is 0 Å². The first-order chi connectivity index (χ1) is 8.95. The summed E-state index contributed by atoms with van der Waals surface area (Å²) in [4.78, 5) is 33.4. The van der Waals surface area contributed by atoms with Crippen molar-refractivity contribution in [3.63, 3.8) is 0 Å². The van der Waals surface area contributed by atoms with Gasteiger partial charge in [-0.25, -0.2) is 4.79 Å². The van der Waals surface area contributed by atoms with Crippen molar-refractivity contribution >= 4 is 23.5 Å². The van der Waals surface area contributed by atoms with E-state index in [4.69, 9.17) is 10.4 Å². The van der Waals surface area contributed by atoms with Gasteiger partial charge in [-0.15, -0.1) is 0 Å². The number of nitriles is 1. The number of aromatic carboxylic acids is 1. The highest BCUT2D eigenvalue weighted by Crippen LogP contribution is 2.15. The van der Waals surface area contributed by atoms with Crippen LogP contribution in [0.25, 0.3) is 0 Å². The van der Waals surface area contributed by atoms with Gasteiger partial charge >= 0.3 is 17.8 Å². The Morgan fingerprint density at radius 2 is 2.00 bits per heavy atom. The number of benzene rings is 1. The molecule has 7 nitrogen and oxygen atoms in total. The van der Waals surface area contributed by atoms with Gasteiger partial charge in [0.05, 0.1) is 11.6 Å². The van der Waals surface area contributed by atoms with Gasteiger partial charge in [0.15, 0.2) is 0 Å². The molecule has 0 aliphatic rings. The molecule has 1 aromatic carbocycles. The van der Waals surface area contributed by atoms with E-state index in [-0.39, 0.29) is 12.1 Å². The summed E-state index contributed by atoms with van der Waals surface area (Å²) in [5.41, 5.74) is 0.884. The van der Waals surface area contributed by atoms with Crippen molar-refractivity contribution in [1.82, 2.24) is 5.32 Å². The number of carbonyl (C=O) groups excluding carboxylic acids is 2. The summed E-state index contributed by atoms with van der Waals surface area (Å²) in [6.07, 6.45) is 0. The molecule has 0 aliphatic heterocycles. The van der Waals surface area contributed by atoms with Crippen molar-refractivity contribution in [2.75, 3.05) is 11.9 Å². The summed E-state index contributed by atoms with van der Waals surface area (Å²) in [6, 6.07) is 5.83. The second-order valence-electron chi connectivity index (χ2n) is 3.63. The second-order valence-corrected chi connectivity index (χ2v) is 3.63. The van der Waals surface area contributed by atoms with Crippen LogP contribution in [-0.4, -0.2) is 29.4 Å². The summed E-state index contributed by atoms with van der Waals surface area (Å²) in [5.74, 6) is -2.92. The summed E-state index contributed by atoms with van der Waals surface area (Å²) in [5, 5.41) is 21.5. The lowest BCUT2D eigenvalue weighted by molar-refractivity contribution is -0.136. The summed E-state index contributed by atoms with van der Waals surface area (Å²) < 4.78 is 0. The molecule has 0 aliphatic carbocycles. The van der Waals surface area contributed by atoms with Gasteiger partial charge in [-0.05, 0) is 30.7 Å². The molecule has 0 heterocycles. The number of rotatable bonds is 3. The molecule has 0 atom stereocenters. The number of amides is 2. The fourth-order valence-corrected chi connectivity index (χ4v) is 1.37. The van der Waals surface area contributed by atoms with Crippen LogP contribution < -0.4 is 10.6 Å². The number of hydrogen-bond donors (Lipinski definition) is 3. The van der Waals surface area contributed by atoms with Gasteiger partial charge in [0, 0.05) is 5.69 Å². The first kappa shape index (κ1) is 14.2. The fourth-order valence-electron chi connectivity index (χ4n) is 1.37. The van der Waals surface area contributed by atoms with Gasteiger partial charge in [-0.2, -0.15) is 5.26 Å². The standard InChI is InChI=1S/C12H11N3O4/c1-7-6-8(2-3-9(7)12(18)19)15-11(17)10(16)14-5-4-13/h2-3,6H,5H2,1H3,(H,14,16)(H,15,17)(H,18,19). The maximum Gasteiger partial charge on any atom is 0.335 e. The van der Waals surface area contributed by atoms with Crippen molar-refractivity contribution in [2.45, 2.75) is 6.92 Å². The molecular formula is C12H11N3O4. The van der Waals surface area contributed by atoms with E-state index in [1.165, 1.54) is 18.2 Å². The van der Waals surface area contributed by atoms with Crippen LogP contribution in [-0.2, 0) is 9.59 Å². The van der Waals surface area contributed by atoms with E-state index >= 15 is 0 Å². The molecule has 1 aromatic rings. The van der Waals surface area contributed by atoms with Crippen LogP contribution in [0.15, 0.2) is 18.2 Å². The third kappa shape index (κ3) is 3.81. The largest absolute Gasteiger partial charge is 0.478 e. The predicted octanol–water partition coefficient (Wildman–Crippen LogP) is 0.271. The van der Waals surface area contributed by atoms with Crippen LogP contribution in [0.4, 0.5) is 5.69 Å². The van der Waals surface area contributed by atoms with E-state index in [0.29, 0.717) is 11.3 Å². The zero-order valence-corrected chi connectivity index (χ0v) is 10.1. The Morgan fingerprint density at radius 3 is 2.53 bits per heavy atom. The molecule has 1 rings (SSSR count). The Hall–Kier alpha value is -2.88. The van der Waals surface area contributed by atoms with E-state index < -0.39 is 17.8 Å². The molecule has 3 N–H and O–H groups in total. The minimum Gasteiger partial charge on any atom is -0.478 e. The van der Waals surface area contributed by atoms with Crippen LogP contribution >= 0.6 is 0 Å². The number of carboxylic acid groups (broad SMARTS) is 1. The van der Waals surface area contributed by atoms with Crippen LogP contribution in [0.2, 0.25) is 0 Å². The van der Waals surface area contributed by atoms with Crippen molar-refractivity contribution in [1.29, 1.82) is 5.26 Å². The molecule has 0 saturated heterocycles. The molecule has 0 unspecified atom stereocenters. The number of carboxylic acids is 1. The van der Waals surface area contributed by atoms with Crippen LogP contribution in [0.5, 0.6) is 0 Å². The smallest absolute Gasteiger partial charge is 0.335 e. The molecule has 0 radical (unpaired) electrons. The molecule has 19 heavy (non-hydrogen) atoms. The highest BCUT2D eigenvalue weighted by Gasteiger charge is 2.14. The topological polar surface area (TPSA) is 119 Å². The molecule has 0 fully saturated rings. The van der Waals surface area contributed by atoms with Crippen molar-refractivity contribution in [3.05, 3.63) is 29.3 Å². The minimum absolute atomic E-state index is 0.118. The average molecular weight is 261 g/mol. The lowest BCUT2D eigenvalue weighted by Gasteiger charge is -2.07. The molecule has 0 saturated carbocycles. The fraction of sp³-hybridized carbons (Fsp3) is 0.167. The third-order valence-electron chi connectivity index (χ3n) is 2.25. The summed E-state index contributed by atoms with van der Waals surface area (Å²) >= 11 is 0. The van der Waals surface area contributed by atoms with Gasteiger partial charge < -0.3 is 15.7 Å². The van der Waals surface area contributed by atoms with Crippen LogP contribution in [0.1, 0.15) is 15.9 Å². The molecule has 98 valence electrons. The van der Waals surface area contributed by atoms with E-state index in [1.54, 1.807) is 13.0 Å². The Kier molecular flexibility index (Phi) is 4.60. The lowest BCUT2D eigenvalue weighted by Crippen LogP contribution is -2.35. The number of nitrogens with one attached hydrogen (secondary N) is 2. The quantitative estimate of drug-likeness (QED) is 0.533. The Balaban J connectivity index is 2.76.